The molecule has 3 heterocycles. The number of rotatable bonds is 5. The van der Waals surface area contributed by atoms with Gasteiger partial charge in [0.15, 0.2) is 0 Å². The predicted molar refractivity (Wildman–Crippen MR) is 113 cm³/mol. The zero-order valence-electron chi connectivity index (χ0n) is 16.7. The largest absolute Gasteiger partial charge is 0.421 e. The highest BCUT2D eigenvalue weighted by atomic mass is 16.4. The number of nitrogens with one attached hydrogen (secondary N) is 1. The van der Waals surface area contributed by atoms with E-state index in [1.54, 1.807) is 6.92 Å². The summed E-state index contributed by atoms with van der Waals surface area (Å²) in [4.78, 5) is 13.3. The van der Waals surface area contributed by atoms with E-state index < -0.39 is 0 Å². The zero-order chi connectivity index (χ0) is 20.4. The van der Waals surface area contributed by atoms with Crippen molar-refractivity contribution in [3.8, 4) is 11.5 Å². The molecule has 0 fully saturated rings. The highest BCUT2D eigenvalue weighted by Crippen LogP contribution is 2.34. The van der Waals surface area contributed by atoms with Gasteiger partial charge in [-0.3, -0.25) is 4.99 Å². The molecule has 8 heteroatoms. The molecule has 0 saturated heterocycles. The van der Waals surface area contributed by atoms with E-state index in [1.807, 2.05) is 18.2 Å². The van der Waals surface area contributed by atoms with Crippen LogP contribution >= 0.6 is 0 Å². The molecule has 148 valence electrons. The Labute approximate surface area is 169 Å². The second kappa shape index (κ2) is 7.83. The number of allylic oxidation sites excluding steroid dienone is 1. The van der Waals surface area contributed by atoms with Gasteiger partial charge in [-0.25, -0.2) is 9.97 Å². The lowest BCUT2D eigenvalue weighted by Crippen LogP contribution is -2.22. The molecule has 1 aromatic carbocycles. The zero-order valence-corrected chi connectivity index (χ0v) is 16.7. The van der Waals surface area contributed by atoms with Crippen molar-refractivity contribution in [3.63, 3.8) is 0 Å². The quantitative estimate of drug-likeness (QED) is 0.680. The number of nitrogen functional groups attached to an aromatic ring is 1. The first-order valence-electron chi connectivity index (χ1n) is 9.53. The van der Waals surface area contributed by atoms with E-state index in [1.165, 1.54) is 17.5 Å². The van der Waals surface area contributed by atoms with Crippen molar-refractivity contribution in [2.45, 2.75) is 39.7 Å². The standard InChI is InChI=1S/C21H23N7O/c1-12-9-10-16(15-7-5-4-6-8-15)18(25-12)13(2)26-20-17(19(22)23-11-24-20)21-28-27-14(3)29-21/h4-8,11,13H,9-10H2,1-3H3,(H3,22,23,24,26). The molecule has 29 heavy (non-hydrogen) atoms. The number of aliphatic imine (C=N–C) groups is 1. The van der Waals surface area contributed by atoms with Crippen LogP contribution in [0.5, 0.6) is 0 Å². The van der Waals surface area contributed by atoms with Crippen LogP contribution in [-0.4, -0.2) is 31.9 Å². The van der Waals surface area contributed by atoms with Gasteiger partial charge in [0.2, 0.25) is 5.89 Å². The summed E-state index contributed by atoms with van der Waals surface area (Å²) in [5.41, 5.74) is 11.1. The van der Waals surface area contributed by atoms with Crippen LogP contribution in [0.15, 0.2) is 51.8 Å². The Morgan fingerprint density at radius 3 is 2.59 bits per heavy atom. The molecule has 3 N–H and O–H groups in total. The molecule has 8 nitrogen and oxygen atoms in total. The molecule has 4 rings (SSSR count). The fourth-order valence-corrected chi connectivity index (χ4v) is 3.44. The minimum Gasteiger partial charge on any atom is -0.421 e. The molecule has 0 radical (unpaired) electrons. The summed E-state index contributed by atoms with van der Waals surface area (Å²) < 4.78 is 5.56. The van der Waals surface area contributed by atoms with Crippen molar-refractivity contribution in [2.24, 2.45) is 4.99 Å². The third-order valence-corrected chi connectivity index (χ3v) is 4.86. The van der Waals surface area contributed by atoms with Crippen molar-refractivity contribution in [2.75, 3.05) is 11.1 Å². The first kappa shape index (κ1) is 18.8. The van der Waals surface area contributed by atoms with Crippen LogP contribution in [0.25, 0.3) is 17.0 Å². The van der Waals surface area contributed by atoms with E-state index >= 15 is 0 Å². The van der Waals surface area contributed by atoms with E-state index in [0.717, 1.165) is 24.3 Å². The average Bonchev–Trinajstić information content (AvgIpc) is 3.14. The number of nitrogens with two attached hydrogens (primary N) is 1. The summed E-state index contributed by atoms with van der Waals surface area (Å²) in [7, 11) is 0. The van der Waals surface area contributed by atoms with Crippen LogP contribution in [0.2, 0.25) is 0 Å². The lowest BCUT2D eigenvalue weighted by Gasteiger charge is -2.24. The summed E-state index contributed by atoms with van der Waals surface area (Å²) in [5.74, 6) is 1.55. The van der Waals surface area contributed by atoms with Gasteiger partial charge < -0.3 is 15.5 Å². The van der Waals surface area contributed by atoms with Crippen LogP contribution in [0.4, 0.5) is 11.6 Å². The third-order valence-electron chi connectivity index (χ3n) is 4.86. The number of aromatic nitrogens is 4. The smallest absolute Gasteiger partial charge is 0.255 e. The minimum atomic E-state index is -0.113. The Morgan fingerprint density at radius 2 is 1.86 bits per heavy atom. The van der Waals surface area contributed by atoms with Gasteiger partial charge in [-0.15, -0.1) is 10.2 Å². The number of anilines is 2. The fourth-order valence-electron chi connectivity index (χ4n) is 3.44. The molecule has 1 aliphatic heterocycles. The SMILES string of the molecule is CC1=NC(C(C)Nc2ncnc(N)c2-c2nnc(C)o2)=C(c2ccccc2)CC1. The number of hydrogen-bond donors (Lipinski definition) is 2. The van der Waals surface area contributed by atoms with Gasteiger partial charge in [-0.1, -0.05) is 30.3 Å². The Kier molecular flexibility index (Phi) is 5.07. The molecular formula is C21H23N7O. The Balaban J connectivity index is 1.73. The highest BCUT2D eigenvalue weighted by Gasteiger charge is 2.23. The number of benzene rings is 1. The number of aryl methyl sites for hydroxylation is 1. The van der Waals surface area contributed by atoms with Gasteiger partial charge in [0, 0.05) is 12.6 Å². The number of hydrogen-bond acceptors (Lipinski definition) is 8. The molecule has 0 aliphatic carbocycles. The summed E-state index contributed by atoms with van der Waals surface area (Å²) in [5, 5.41) is 11.4. The minimum absolute atomic E-state index is 0.113. The van der Waals surface area contributed by atoms with E-state index in [2.05, 4.69) is 51.5 Å². The molecule has 0 spiro atoms. The van der Waals surface area contributed by atoms with E-state index in [-0.39, 0.29) is 17.8 Å². The molecule has 1 atom stereocenters. The van der Waals surface area contributed by atoms with Crippen molar-refractivity contribution in [1.82, 2.24) is 20.2 Å². The van der Waals surface area contributed by atoms with Gasteiger partial charge in [0.05, 0.1) is 11.7 Å². The molecule has 0 bridgehead atoms. The molecule has 1 aliphatic rings. The van der Waals surface area contributed by atoms with Gasteiger partial charge in [-0.05, 0) is 37.8 Å². The molecule has 0 amide bonds. The highest BCUT2D eigenvalue weighted by molar-refractivity contribution is 5.89. The fraction of sp³-hybridized carbons (Fsp3) is 0.286. The normalized spacial score (nSPS) is 15.2. The van der Waals surface area contributed by atoms with E-state index in [4.69, 9.17) is 15.1 Å². The maximum atomic E-state index is 6.10. The van der Waals surface area contributed by atoms with Crippen LogP contribution in [-0.2, 0) is 0 Å². The molecule has 1 unspecified atom stereocenters. The Hall–Kier alpha value is -3.55. The van der Waals surface area contributed by atoms with Crippen LogP contribution in [0, 0.1) is 6.92 Å². The topological polar surface area (TPSA) is 115 Å². The summed E-state index contributed by atoms with van der Waals surface area (Å²) in [6, 6.07) is 10.2. The van der Waals surface area contributed by atoms with Gasteiger partial charge >= 0.3 is 0 Å². The lowest BCUT2D eigenvalue weighted by atomic mass is 9.93. The Morgan fingerprint density at radius 1 is 1.07 bits per heavy atom. The molecule has 2 aromatic heterocycles. The maximum Gasteiger partial charge on any atom is 0.255 e. The van der Waals surface area contributed by atoms with Crippen molar-refractivity contribution < 1.29 is 4.42 Å². The van der Waals surface area contributed by atoms with Crippen LogP contribution < -0.4 is 11.1 Å². The predicted octanol–water partition coefficient (Wildman–Crippen LogP) is 3.88. The van der Waals surface area contributed by atoms with Gasteiger partial charge in [0.1, 0.15) is 23.5 Å². The van der Waals surface area contributed by atoms with Crippen molar-refractivity contribution in [1.29, 1.82) is 0 Å². The molecule has 0 saturated carbocycles. The summed E-state index contributed by atoms with van der Waals surface area (Å²) in [6.45, 7) is 5.84. The third kappa shape index (κ3) is 3.87. The first-order valence-corrected chi connectivity index (χ1v) is 9.53. The van der Waals surface area contributed by atoms with Crippen LogP contribution in [0.3, 0.4) is 0 Å². The summed E-state index contributed by atoms with van der Waals surface area (Å²) >= 11 is 0. The van der Waals surface area contributed by atoms with Crippen molar-refractivity contribution >= 4 is 22.9 Å². The average molecular weight is 389 g/mol. The maximum absolute atomic E-state index is 6.10. The van der Waals surface area contributed by atoms with Gasteiger partial charge in [-0.2, -0.15) is 0 Å². The molecule has 3 aromatic rings. The second-order valence-corrected chi connectivity index (χ2v) is 7.05. The van der Waals surface area contributed by atoms with Gasteiger partial charge in [0.25, 0.3) is 5.89 Å². The van der Waals surface area contributed by atoms with Crippen LogP contribution in [0.1, 0.15) is 38.1 Å². The monoisotopic (exact) mass is 389 g/mol. The van der Waals surface area contributed by atoms with E-state index in [9.17, 15) is 0 Å². The van der Waals surface area contributed by atoms with E-state index in [0.29, 0.717) is 17.3 Å². The Bertz CT molecular complexity index is 1090. The first-order chi connectivity index (χ1) is 14.0. The summed E-state index contributed by atoms with van der Waals surface area (Å²) in [6.07, 6.45) is 3.31. The number of nitrogens with zero attached hydrogens (tertiary/aromatic N) is 5. The second-order valence-electron chi connectivity index (χ2n) is 7.05. The lowest BCUT2D eigenvalue weighted by molar-refractivity contribution is 0.532. The molecular weight excluding hydrogens is 366 g/mol. The van der Waals surface area contributed by atoms with Crippen molar-refractivity contribution in [3.05, 3.63) is 53.8 Å².